The lowest BCUT2D eigenvalue weighted by atomic mass is 9.70. The Balaban J connectivity index is 1.48. The number of amides is 2. The molecular weight excluding hydrogens is 460 g/mol. The van der Waals surface area contributed by atoms with Gasteiger partial charge in [-0.15, -0.1) is 0 Å². The smallest absolute Gasteiger partial charge is 0.240 e. The van der Waals surface area contributed by atoms with Gasteiger partial charge >= 0.3 is 0 Å². The molecule has 5 atom stereocenters. The van der Waals surface area contributed by atoms with Gasteiger partial charge in [0.1, 0.15) is 0 Å². The number of imide groups is 1. The van der Waals surface area contributed by atoms with Crippen LogP contribution in [0.15, 0.2) is 36.4 Å². The zero-order valence-electron chi connectivity index (χ0n) is 20.9. The fraction of sp³-hybridized carbons (Fsp3) is 0.519. The van der Waals surface area contributed by atoms with E-state index in [2.05, 4.69) is 39.9 Å². The topological polar surface area (TPSA) is 99.9 Å². The molecule has 0 spiro atoms. The second-order valence-corrected chi connectivity index (χ2v) is 16.4. The highest BCUT2D eigenvalue weighted by atomic mass is 28.4. The van der Waals surface area contributed by atoms with Crippen molar-refractivity contribution in [2.75, 3.05) is 11.5 Å². The van der Waals surface area contributed by atoms with Crippen LogP contribution in [-0.2, 0) is 18.8 Å². The van der Waals surface area contributed by atoms with Crippen LogP contribution in [-0.4, -0.2) is 49.7 Å². The maximum absolute atomic E-state index is 13.9. The Hall–Kier alpha value is -2.57. The first-order chi connectivity index (χ1) is 16.4. The number of anilines is 1. The average molecular weight is 493 g/mol. The van der Waals surface area contributed by atoms with Gasteiger partial charge in [-0.1, -0.05) is 45.0 Å². The summed E-state index contributed by atoms with van der Waals surface area (Å²) in [5.41, 5.74) is 0.0494. The molecule has 35 heavy (non-hydrogen) atoms. The molecule has 2 aromatic carbocycles. The SMILES string of the molecule is CC(C)(C)[Si](C)(C)OCCC12CC(O)C(O1)C1C(=O)N(c3ccc(C#N)c4ccccc34)C(=O)C12. The van der Waals surface area contributed by atoms with Crippen LogP contribution in [0.3, 0.4) is 0 Å². The van der Waals surface area contributed by atoms with Crippen LogP contribution in [0, 0.1) is 23.2 Å². The Morgan fingerprint density at radius 3 is 2.51 bits per heavy atom. The summed E-state index contributed by atoms with van der Waals surface area (Å²) in [7, 11) is -2.00. The van der Waals surface area contributed by atoms with Crippen molar-refractivity contribution in [3.05, 3.63) is 42.0 Å². The Kier molecular flexibility index (Phi) is 5.49. The van der Waals surface area contributed by atoms with Gasteiger partial charge in [-0.05, 0) is 36.7 Å². The van der Waals surface area contributed by atoms with Crippen molar-refractivity contribution in [3.63, 3.8) is 0 Å². The molecule has 3 fully saturated rings. The van der Waals surface area contributed by atoms with Crippen LogP contribution in [0.4, 0.5) is 5.69 Å². The number of aliphatic hydroxyl groups excluding tert-OH is 1. The van der Waals surface area contributed by atoms with Crippen molar-refractivity contribution in [1.82, 2.24) is 0 Å². The largest absolute Gasteiger partial charge is 0.417 e. The molecule has 5 rings (SSSR count). The van der Waals surface area contributed by atoms with Gasteiger partial charge in [0, 0.05) is 23.8 Å². The van der Waals surface area contributed by atoms with E-state index < -0.39 is 38.0 Å². The van der Waals surface area contributed by atoms with Crippen LogP contribution < -0.4 is 4.90 Å². The summed E-state index contributed by atoms with van der Waals surface area (Å²) < 4.78 is 12.6. The van der Waals surface area contributed by atoms with Crippen molar-refractivity contribution in [1.29, 1.82) is 5.26 Å². The lowest BCUT2D eigenvalue weighted by Crippen LogP contribution is -2.47. The fourth-order valence-corrected chi connectivity index (χ4v) is 6.83. The van der Waals surface area contributed by atoms with Gasteiger partial charge in [0.2, 0.25) is 11.8 Å². The van der Waals surface area contributed by atoms with Crippen LogP contribution in [0.2, 0.25) is 18.1 Å². The normalized spacial score (nSPS) is 30.3. The molecule has 5 unspecified atom stereocenters. The summed E-state index contributed by atoms with van der Waals surface area (Å²) in [6, 6.07) is 12.8. The van der Waals surface area contributed by atoms with Gasteiger partial charge in [0.15, 0.2) is 8.32 Å². The van der Waals surface area contributed by atoms with E-state index in [-0.39, 0.29) is 16.9 Å². The summed E-state index contributed by atoms with van der Waals surface area (Å²) in [5, 5.41) is 21.7. The first-order valence-corrected chi connectivity index (χ1v) is 15.1. The van der Waals surface area contributed by atoms with Gasteiger partial charge in [-0.3, -0.25) is 9.59 Å². The van der Waals surface area contributed by atoms with Crippen LogP contribution in [0.5, 0.6) is 0 Å². The summed E-state index contributed by atoms with van der Waals surface area (Å²) in [5.74, 6) is -2.00. The number of fused-ring (bicyclic) bond motifs is 6. The highest BCUT2D eigenvalue weighted by Gasteiger charge is 2.72. The molecule has 2 bridgehead atoms. The molecular formula is C27H32N2O5Si. The number of ether oxygens (including phenoxy) is 1. The molecule has 0 aromatic heterocycles. The Labute approximate surface area is 206 Å². The predicted molar refractivity (Wildman–Crippen MR) is 134 cm³/mol. The molecule has 2 amide bonds. The van der Waals surface area contributed by atoms with E-state index in [9.17, 15) is 20.0 Å². The molecule has 0 radical (unpaired) electrons. The van der Waals surface area contributed by atoms with Crippen molar-refractivity contribution >= 4 is 36.6 Å². The number of hydrogen-bond donors (Lipinski definition) is 1. The van der Waals surface area contributed by atoms with Crippen LogP contribution >= 0.6 is 0 Å². The molecule has 8 heteroatoms. The minimum Gasteiger partial charge on any atom is -0.417 e. The summed E-state index contributed by atoms with van der Waals surface area (Å²) in [6.07, 6.45) is -0.715. The van der Waals surface area contributed by atoms with E-state index >= 15 is 0 Å². The summed E-state index contributed by atoms with van der Waals surface area (Å²) in [6.45, 7) is 11.3. The van der Waals surface area contributed by atoms with Crippen LogP contribution in [0.25, 0.3) is 10.8 Å². The van der Waals surface area contributed by atoms with Gasteiger partial charge < -0.3 is 14.3 Å². The quantitative estimate of drug-likeness (QED) is 0.498. The number of hydrogen-bond acceptors (Lipinski definition) is 6. The molecule has 3 aliphatic rings. The molecule has 3 saturated heterocycles. The van der Waals surface area contributed by atoms with Crippen molar-refractivity contribution in [2.24, 2.45) is 11.8 Å². The van der Waals surface area contributed by atoms with Crippen molar-refractivity contribution in [2.45, 2.75) is 69.6 Å². The van der Waals surface area contributed by atoms with Gasteiger partial charge in [-0.25, -0.2) is 4.90 Å². The standard InChI is InChI=1S/C27H32N2O5Si/c1-26(2,3)35(4,5)33-13-12-27-14-20(30)23(34-27)21-22(27)25(32)29(24(21)31)19-11-10-16(15-28)17-8-6-7-9-18(17)19/h6-11,20-23,30H,12-14H2,1-5H3. The van der Waals surface area contributed by atoms with Gasteiger partial charge in [0.05, 0.1) is 47.0 Å². The van der Waals surface area contributed by atoms with E-state index in [1.807, 2.05) is 24.3 Å². The van der Waals surface area contributed by atoms with E-state index in [4.69, 9.17) is 9.16 Å². The van der Waals surface area contributed by atoms with Gasteiger partial charge in [0.25, 0.3) is 0 Å². The first-order valence-electron chi connectivity index (χ1n) is 12.2. The third-order valence-corrected chi connectivity index (χ3v) is 13.2. The molecule has 184 valence electrons. The summed E-state index contributed by atoms with van der Waals surface area (Å²) >= 11 is 0. The van der Waals surface area contributed by atoms with E-state index in [0.717, 1.165) is 0 Å². The molecule has 0 saturated carbocycles. The highest BCUT2D eigenvalue weighted by Crippen LogP contribution is 2.57. The van der Waals surface area contributed by atoms with Crippen molar-refractivity contribution < 1.29 is 23.9 Å². The van der Waals surface area contributed by atoms with Crippen LogP contribution in [0.1, 0.15) is 39.2 Å². The Morgan fingerprint density at radius 1 is 1.17 bits per heavy atom. The minimum absolute atomic E-state index is 0.0497. The number of aliphatic hydroxyl groups is 1. The second kappa shape index (κ2) is 7.97. The number of benzene rings is 2. The lowest BCUT2D eigenvalue weighted by molar-refractivity contribution is -0.128. The number of carbonyl (C=O) groups excluding carboxylic acids is 2. The second-order valence-electron chi connectivity index (χ2n) is 11.6. The maximum Gasteiger partial charge on any atom is 0.240 e. The van der Waals surface area contributed by atoms with E-state index in [1.165, 1.54) is 4.90 Å². The fourth-order valence-electron chi connectivity index (χ4n) is 5.78. The Bertz CT molecular complexity index is 1260. The molecule has 3 aliphatic heterocycles. The zero-order valence-corrected chi connectivity index (χ0v) is 21.9. The average Bonchev–Trinajstić information content (AvgIpc) is 3.39. The molecule has 7 nitrogen and oxygen atoms in total. The van der Waals surface area contributed by atoms with Crippen molar-refractivity contribution in [3.8, 4) is 6.07 Å². The first kappa shape index (κ1) is 24.1. The zero-order chi connectivity index (χ0) is 25.3. The number of carbonyl (C=O) groups is 2. The predicted octanol–water partition coefficient (Wildman–Crippen LogP) is 4.13. The third-order valence-electron chi connectivity index (χ3n) is 8.63. The minimum atomic E-state index is -2.00. The Morgan fingerprint density at radius 2 is 1.86 bits per heavy atom. The highest BCUT2D eigenvalue weighted by molar-refractivity contribution is 6.74. The van der Waals surface area contributed by atoms with E-state index in [1.54, 1.807) is 12.1 Å². The molecule has 3 heterocycles. The molecule has 0 aliphatic carbocycles. The number of nitrogens with zero attached hydrogens (tertiary/aromatic N) is 2. The maximum atomic E-state index is 13.9. The molecule has 1 N–H and O–H groups in total. The van der Waals surface area contributed by atoms with E-state index in [0.29, 0.717) is 41.5 Å². The number of rotatable bonds is 5. The van der Waals surface area contributed by atoms with Gasteiger partial charge in [-0.2, -0.15) is 5.26 Å². The third kappa shape index (κ3) is 3.48. The summed E-state index contributed by atoms with van der Waals surface area (Å²) in [4.78, 5) is 28.8. The monoisotopic (exact) mass is 492 g/mol. The number of nitriles is 1. The molecule has 2 aromatic rings. The lowest BCUT2D eigenvalue weighted by Gasteiger charge is -2.38.